The summed E-state index contributed by atoms with van der Waals surface area (Å²) in [5.74, 6) is 1.43. The Morgan fingerprint density at radius 2 is 1.68 bits per heavy atom. The third-order valence-electron chi connectivity index (χ3n) is 3.42. The lowest BCUT2D eigenvalue weighted by Gasteiger charge is -2.19. The minimum absolute atomic E-state index is 0.0709. The van der Waals surface area contributed by atoms with Crippen molar-refractivity contribution in [1.29, 1.82) is 0 Å². The molecule has 3 nitrogen and oxygen atoms in total. The van der Waals surface area contributed by atoms with E-state index in [4.69, 9.17) is 14.2 Å². The Labute approximate surface area is 132 Å². The zero-order valence-electron chi connectivity index (χ0n) is 13.3. The normalized spacial score (nSPS) is 12.1. The van der Waals surface area contributed by atoms with Gasteiger partial charge in [0.2, 0.25) is 0 Å². The minimum atomic E-state index is -0.0709. The van der Waals surface area contributed by atoms with Crippen molar-refractivity contribution in [3.8, 4) is 11.5 Å². The van der Waals surface area contributed by atoms with Gasteiger partial charge in [0.1, 0.15) is 6.10 Å². The number of hydrogen-bond acceptors (Lipinski definition) is 3. The Bertz CT molecular complexity index is 605. The maximum atomic E-state index is 5.88. The van der Waals surface area contributed by atoms with Crippen molar-refractivity contribution < 1.29 is 14.2 Å². The average molecular weight is 298 g/mol. The van der Waals surface area contributed by atoms with Crippen molar-refractivity contribution >= 4 is 0 Å². The van der Waals surface area contributed by atoms with E-state index >= 15 is 0 Å². The average Bonchev–Trinajstić information content (AvgIpc) is 2.58. The van der Waals surface area contributed by atoms with Crippen LogP contribution in [0.3, 0.4) is 0 Å². The predicted octanol–water partition coefficient (Wildman–Crippen LogP) is 4.54. The van der Waals surface area contributed by atoms with E-state index in [-0.39, 0.29) is 6.10 Å². The molecule has 0 fully saturated rings. The van der Waals surface area contributed by atoms with Gasteiger partial charge in [-0.1, -0.05) is 42.5 Å². The van der Waals surface area contributed by atoms with E-state index in [1.807, 2.05) is 49.4 Å². The summed E-state index contributed by atoms with van der Waals surface area (Å²) in [6, 6.07) is 16.2. The molecule has 2 aromatic carbocycles. The van der Waals surface area contributed by atoms with E-state index in [9.17, 15) is 0 Å². The van der Waals surface area contributed by atoms with E-state index in [0.29, 0.717) is 5.75 Å². The van der Waals surface area contributed by atoms with Crippen molar-refractivity contribution in [2.45, 2.75) is 19.4 Å². The largest absolute Gasteiger partial charge is 0.493 e. The summed E-state index contributed by atoms with van der Waals surface area (Å²) in [6.45, 7) is 1.94. The molecule has 2 rings (SSSR count). The second-order valence-electron chi connectivity index (χ2n) is 4.90. The van der Waals surface area contributed by atoms with Gasteiger partial charge in [0, 0.05) is 6.42 Å². The third-order valence-corrected chi connectivity index (χ3v) is 3.42. The lowest BCUT2D eigenvalue weighted by molar-refractivity contribution is 0.145. The molecule has 22 heavy (non-hydrogen) atoms. The molecule has 2 aromatic rings. The molecule has 0 aliphatic rings. The number of rotatable bonds is 7. The molecule has 0 spiro atoms. The van der Waals surface area contributed by atoms with E-state index in [2.05, 4.69) is 12.1 Å². The molecule has 3 heteroatoms. The van der Waals surface area contributed by atoms with Gasteiger partial charge in [-0.25, -0.2) is 0 Å². The van der Waals surface area contributed by atoms with Crippen LogP contribution < -0.4 is 9.47 Å². The number of benzene rings is 2. The van der Waals surface area contributed by atoms with Crippen LogP contribution in [0.15, 0.2) is 60.9 Å². The van der Waals surface area contributed by atoms with Crippen LogP contribution in [0.2, 0.25) is 0 Å². The maximum absolute atomic E-state index is 5.88. The lowest BCUT2D eigenvalue weighted by Crippen LogP contribution is -2.05. The fourth-order valence-electron chi connectivity index (χ4n) is 2.30. The summed E-state index contributed by atoms with van der Waals surface area (Å²) in [6.07, 6.45) is 4.34. The highest BCUT2D eigenvalue weighted by atomic mass is 16.5. The number of methoxy groups -OCH3 is 2. The van der Waals surface area contributed by atoms with Crippen LogP contribution in [0.5, 0.6) is 11.5 Å². The number of ether oxygens (including phenoxy) is 3. The molecule has 0 unspecified atom stereocenters. The summed E-state index contributed by atoms with van der Waals surface area (Å²) in [5, 5.41) is 0. The van der Waals surface area contributed by atoms with E-state index in [0.717, 1.165) is 17.7 Å². The van der Waals surface area contributed by atoms with Crippen molar-refractivity contribution in [2.75, 3.05) is 14.2 Å². The molecule has 0 saturated heterocycles. The smallest absolute Gasteiger partial charge is 0.161 e. The van der Waals surface area contributed by atoms with Crippen LogP contribution in [0.1, 0.15) is 24.2 Å². The highest BCUT2D eigenvalue weighted by Gasteiger charge is 2.15. The summed E-state index contributed by atoms with van der Waals surface area (Å²) in [4.78, 5) is 0. The molecule has 0 bridgehead atoms. The van der Waals surface area contributed by atoms with Gasteiger partial charge in [-0.05, 0) is 30.2 Å². The SMILES string of the molecule is CC=CO[C@@H](Cc1ccccc1)c1ccc(OC)c(OC)c1. The third kappa shape index (κ3) is 4.04. The molecule has 116 valence electrons. The molecular weight excluding hydrogens is 276 g/mol. The molecule has 0 aromatic heterocycles. The van der Waals surface area contributed by atoms with Gasteiger partial charge < -0.3 is 14.2 Å². The Kier molecular flexibility index (Phi) is 5.90. The fourth-order valence-corrected chi connectivity index (χ4v) is 2.30. The Morgan fingerprint density at radius 3 is 2.32 bits per heavy atom. The lowest BCUT2D eigenvalue weighted by atomic mass is 10.0. The van der Waals surface area contributed by atoms with Gasteiger partial charge in [-0.15, -0.1) is 0 Å². The first kappa shape index (κ1) is 16.0. The number of allylic oxidation sites excluding steroid dienone is 1. The zero-order valence-corrected chi connectivity index (χ0v) is 13.3. The molecule has 0 amide bonds. The Morgan fingerprint density at radius 1 is 0.955 bits per heavy atom. The van der Waals surface area contributed by atoms with Crippen LogP contribution in [0, 0.1) is 0 Å². The standard InChI is InChI=1S/C19H22O3/c1-4-12-22-18(13-15-8-6-5-7-9-15)16-10-11-17(20-2)19(14-16)21-3/h4-12,14,18H,13H2,1-3H3/t18-/m0/s1. The fraction of sp³-hybridized carbons (Fsp3) is 0.263. The molecule has 0 N–H and O–H groups in total. The van der Waals surface area contributed by atoms with Gasteiger partial charge in [0.15, 0.2) is 11.5 Å². The van der Waals surface area contributed by atoms with Gasteiger partial charge in [0.05, 0.1) is 20.5 Å². The summed E-state index contributed by atoms with van der Waals surface area (Å²) in [5.41, 5.74) is 2.28. The summed E-state index contributed by atoms with van der Waals surface area (Å²) < 4.78 is 16.6. The van der Waals surface area contributed by atoms with Crippen molar-refractivity contribution in [2.24, 2.45) is 0 Å². The van der Waals surface area contributed by atoms with E-state index in [1.54, 1.807) is 20.5 Å². The van der Waals surface area contributed by atoms with Crippen molar-refractivity contribution in [1.82, 2.24) is 0 Å². The minimum Gasteiger partial charge on any atom is -0.493 e. The predicted molar refractivity (Wildman–Crippen MR) is 88.3 cm³/mol. The van der Waals surface area contributed by atoms with Gasteiger partial charge >= 0.3 is 0 Å². The van der Waals surface area contributed by atoms with Crippen molar-refractivity contribution in [3.63, 3.8) is 0 Å². The zero-order chi connectivity index (χ0) is 15.8. The molecular formula is C19H22O3. The van der Waals surface area contributed by atoms with Crippen LogP contribution in [0.25, 0.3) is 0 Å². The van der Waals surface area contributed by atoms with Crippen LogP contribution >= 0.6 is 0 Å². The molecule has 0 aliphatic carbocycles. The first-order valence-electron chi connectivity index (χ1n) is 7.31. The van der Waals surface area contributed by atoms with Gasteiger partial charge in [-0.2, -0.15) is 0 Å². The van der Waals surface area contributed by atoms with E-state index < -0.39 is 0 Å². The molecule has 0 saturated carbocycles. The monoisotopic (exact) mass is 298 g/mol. The van der Waals surface area contributed by atoms with Crippen LogP contribution in [-0.2, 0) is 11.2 Å². The van der Waals surface area contributed by atoms with E-state index in [1.165, 1.54) is 5.56 Å². The van der Waals surface area contributed by atoms with Gasteiger partial charge in [0.25, 0.3) is 0 Å². The first-order chi connectivity index (χ1) is 10.8. The molecule has 0 aliphatic heterocycles. The van der Waals surface area contributed by atoms with Gasteiger partial charge in [-0.3, -0.25) is 0 Å². The highest BCUT2D eigenvalue weighted by molar-refractivity contribution is 5.43. The first-order valence-corrected chi connectivity index (χ1v) is 7.31. The van der Waals surface area contributed by atoms with Crippen LogP contribution in [0.4, 0.5) is 0 Å². The second kappa shape index (κ2) is 8.13. The Balaban J connectivity index is 2.28. The molecule has 0 heterocycles. The second-order valence-corrected chi connectivity index (χ2v) is 4.90. The number of hydrogen-bond donors (Lipinski definition) is 0. The quantitative estimate of drug-likeness (QED) is 0.702. The summed E-state index contributed by atoms with van der Waals surface area (Å²) in [7, 11) is 3.27. The highest BCUT2D eigenvalue weighted by Crippen LogP contribution is 2.32. The topological polar surface area (TPSA) is 27.7 Å². The van der Waals surface area contributed by atoms with Crippen molar-refractivity contribution in [3.05, 3.63) is 72.0 Å². The molecule has 1 atom stereocenters. The summed E-state index contributed by atoms with van der Waals surface area (Å²) >= 11 is 0. The molecule has 0 radical (unpaired) electrons. The van der Waals surface area contributed by atoms with Crippen LogP contribution in [-0.4, -0.2) is 14.2 Å². The maximum Gasteiger partial charge on any atom is 0.161 e. The Hall–Kier alpha value is -2.42.